The highest BCUT2D eigenvalue weighted by atomic mass is 32.2. The SMILES string of the molecule is COc1cccc(CN(CC2CCCO2)C(=O)CCSc2nnnn2C)c1. The molecule has 2 aromatic rings. The molecule has 0 saturated carbocycles. The van der Waals surface area contributed by atoms with E-state index in [1.807, 2.05) is 29.2 Å². The maximum atomic E-state index is 12.9. The monoisotopic (exact) mass is 391 g/mol. The second-order valence-corrected chi connectivity index (χ2v) is 7.51. The zero-order chi connectivity index (χ0) is 19.1. The number of carbonyl (C=O) groups excluding carboxylic acids is 1. The van der Waals surface area contributed by atoms with Gasteiger partial charge in [-0.1, -0.05) is 23.9 Å². The molecule has 3 rings (SSSR count). The molecular formula is C18H25N5O3S. The molecule has 1 aromatic heterocycles. The van der Waals surface area contributed by atoms with Crippen LogP contribution in [-0.2, 0) is 23.1 Å². The molecule has 1 aliphatic heterocycles. The lowest BCUT2D eigenvalue weighted by atomic mass is 10.1. The molecule has 1 aliphatic rings. The largest absolute Gasteiger partial charge is 0.497 e. The topological polar surface area (TPSA) is 82.4 Å². The minimum Gasteiger partial charge on any atom is -0.497 e. The van der Waals surface area contributed by atoms with Gasteiger partial charge >= 0.3 is 0 Å². The molecule has 27 heavy (non-hydrogen) atoms. The van der Waals surface area contributed by atoms with E-state index in [-0.39, 0.29) is 12.0 Å². The third-order valence-corrected chi connectivity index (χ3v) is 5.45. The lowest BCUT2D eigenvalue weighted by molar-refractivity contribution is -0.133. The molecule has 1 atom stereocenters. The normalized spacial score (nSPS) is 16.4. The zero-order valence-corrected chi connectivity index (χ0v) is 16.5. The molecule has 2 heterocycles. The highest BCUT2D eigenvalue weighted by Gasteiger charge is 2.23. The lowest BCUT2D eigenvalue weighted by Crippen LogP contribution is -2.37. The molecule has 0 radical (unpaired) electrons. The van der Waals surface area contributed by atoms with Crippen molar-refractivity contribution in [2.24, 2.45) is 7.05 Å². The van der Waals surface area contributed by atoms with E-state index in [1.54, 1.807) is 18.8 Å². The first kappa shape index (κ1) is 19.6. The highest BCUT2D eigenvalue weighted by molar-refractivity contribution is 7.99. The van der Waals surface area contributed by atoms with Gasteiger partial charge in [0.05, 0.1) is 13.2 Å². The van der Waals surface area contributed by atoms with Gasteiger partial charge in [-0.2, -0.15) is 0 Å². The maximum absolute atomic E-state index is 12.9. The van der Waals surface area contributed by atoms with E-state index in [0.717, 1.165) is 30.8 Å². The number of tetrazole rings is 1. The van der Waals surface area contributed by atoms with Crippen LogP contribution in [0.1, 0.15) is 24.8 Å². The Kier molecular flexibility index (Phi) is 7.05. The van der Waals surface area contributed by atoms with Crippen LogP contribution in [-0.4, -0.2) is 63.1 Å². The summed E-state index contributed by atoms with van der Waals surface area (Å²) in [5.74, 6) is 1.53. The van der Waals surface area contributed by atoms with Crippen LogP contribution in [0.3, 0.4) is 0 Å². The number of rotatable bonds is 9. The van der Waals surface area contributed by atoms with E-state index in [9.17, 15) is 4.79 Å². The number of hydrogen-bond acceptors (Lipinski definition) is 7. The molecule has 146 valence electrons. The Labute approximate surface area is 163 Å². The van der Waals surface area contributed by atoms with Crippen LogP contribution in [0.2, 0.25) is 0 Å². The molecule has 0 N–H and O–H groups in total. The summed E-state index contributed by atoms with van der Waals surface area (Å²) >= 11 is 1.48. The van der Waals surface area contributed by atoms with Crippen molar-refractivity contribution in [3.63, 3.8) is 0 Å². The molecule has 1 amide bonds. The van der Waals surface area contributed by atoms with E-state index in [4.69, 9.17) is 9.47 Å². The smallest absolute Gasteiger partial charge is 0.223 e. The van der Waals surface area contributed by atoms with Gasteiger partial charge in [-0.3, -0.25) is 4.79 Å². The summed E-state index contributed by atoms with van der Waals surface area (Å²) in [6, 6.07) is 7.83. The van der Waals surface area contributed by atoms with Crippen LogP contribution in [0.4, 0.5) is 0 Å². The molecule has 1 fully saturated rings. The summed E-state index contributed by atoms with van der Waals surface area (Å²) in [5.41, 5.74) is 1.05. The number of benzene rings is 1. The van der Waals surface area contributed by atoms with Crippen molar-refractivity contribution < 1.29 is 14.3 Å². The van der Waals surface area contributed by atoms with Gasteiger partial charge in [-0.05, 0) is 41.0 Å². The number of carbonyl (C=O) groups is 1. The third kappa shape index (κ3) is 5.67. The van der Waals surface area contributed by atoms with Gasteiger partial charge in [0.25, 0.3) is 0 Å². The van der Waals surface area contributed by atoms with Crippen molar-refractivity contribution in [2.45, 2.75) is 37.1 Å². The summed E-state index contributed by atoms with van der Waals surface area (Å²) in [6.45, 7) is 1.94. The Balaban J connectivity index is 1.60. The quantitative estimate of drug-likeness (QED) is 0.604. The minimum atomic E-state index is 0.107. The van der Waals surface area contributed by atoms with Crippen molar-refractivity contribution in [1.82, 2.24) is 25.1 Å². The second-order valence-electron chi connectivity index (χ2n) is 6.44. The second kappa shape index (κ2) is 9.70. The summed E-state index contributed by atoms with van der Waals surface area (Å²) in [5, 5.41) is 12.1. The van der Waals surface area contributed by atoms with Gasteiger partial charge in [0.1, 0.15) is 5.75 Å². The van der Waals surface area contributed by atoms with Gasteiger partial charge in [-0.15, -0.1) is 5.10 Å². The number of thioether (sulfide) groups is 1. The van der Waals surface area contributed by atoms with E-state index < -0.39 is 0 Å². The number of aryl methyl sites for hydroxylation is 1. The lowest BCUT2D eigenvalue weighted by Gasteiger charge is -2.26. The number of aromatic nitrogens is 4. The standard InChI is InChI=1S/C18H25N5O3S/c1-22-18(19-20-21-22)27-10-8-17(24)23(13-16-7-4-9-26-16)12-14-5-3-6-15(11-14)25-2/h3,5-6,11,16H,4,7-10,12-13H2,1-2H3. The average molecular weight is 391 g/mol. The molecular weight excluding hydrogens is 366 g/mol. The average Bonchev–Trinajstić information content (AvgIpc) is 3.33. The van der Waals surface area contributed by atoms with Crippen LogP contribution in [0.15, 0.2) is 29.4 Å². The summed E-state index contributed by atoms with van der Waals surface area (Å²) in [6.07, 6.45) is 2.60. The van der Waals surface area contributed by atoms with Crippen LogP contribution < -0.4 is 4.74 Å². The molecule has 8 nitrogen and oxygen atoms in total. The van der Waals surface area contributed by atoms with Gasteiger partial charge in [-0.25, -0.2) is 4.68 Å². The first-order valence-corrected chi connectivity index (χ1v) is 10.0. The maximum Gasteiger partial charge on any atom is 0.223 e. The summed E-state index contributed by atoms with van der Waals surface area (Å²) in [7, 11) is 3.43. The van der Waals surface area contributed by atoms with Crippen LogP contribution >= 0.6 is 11.8 Å². The summed E-state index contributed by atoms with van der Waals surface area (Å²) < 4.78 is 12.6. The van der Waals surface area contributed by atoms with Crippen molar-refractivity contribution in [1.29, 1.82) is 0 Å². The van der Waals surface area contributed by atoms with E-state index in [2.05, 4.69) is 15.5 Å². The molecule has 1 aromatic carbocycles. The molecule has 9 heteroatoms. The Hall–Kier alpha value is -2.13. The Bertz CT molecular complexity index is 748. The fourth-order valence-corrected chi connectivity index (χ4v) is 3.79. The fraction of sp³-hybridized carbons (Fsp3) is 0.556. The van der Waals surface area contributed by atoms with Gasteiger partial charge in [0.15, 0.2) is 0 Å². The molecule has 0 spiro atoms. The van der Waals surface area contributed by atoms with E-state index >= 15 is 0 Å². The van der Waals surface area contributed by atoms with Crippen LogP contribution in [0.25, 0.3) is 0 Å². The van der Waals surface area contributed by atoms with Crippen LogP contribution in [0.5, 0.6) is 5.75 Å². The predicted molar refractivity (Wildman–Crippen MR) is 102 cm³/mol. The first-order chi connectivity index (χ1) is 13.2. The van der Waals surface area contributed by atoms with Gasteiger partial charge in [0, 0.05) is 38.9 Å². The van der Waals surface area contributed by atoms with Gasteiger partial charge in [0.2, 0.25) is 11.1 Å². The predicted octanol–water partition coefficient (Wildman–Crippen LogP) is 1.91. The zero-order valence-electron chi connectivity index (χ0n) is 15.7. The Morgan fingerprint density at radius 3 is 3.07 bits per heavy atom. The van der Waals surface area contributed by atoms with Crippen molar-refractivity contribution in [3.05, 3.63) is 29.8 Å². The number of methoxy groups -OCH3 is 1. The first-order valence-electron chi connectivity index (χ1n) is 9.03. The fourth-order valence-electron chi connectivity index (χ4n) is 3.01. The van der Waals surface area contributed by atoms with E-state index in [0.29, 0.717) is 30.4 Å². The molecule has 0 aliphatic carbocycles. The highest BCUT2D eigenvalue weighted by Crippen LogP contribution is 2.20. The number of hydrogen-bond donors (Lipinski definition) is 0. The number of amides is 1. The van der Waals surface area contributed by atoms with Crippen molar-refractivity contribution >= 4 is 17.7 Å². The van der Waals surface area contributed by atoms with Crippen molar-refractivity contribution in [2.75, 3.05) is 26.0 Å². The molecule has 0 bridgehead atoms. The minimum absolute atomic E-state index is 0.107. The number of nitrogens with zero attached hydrogens (tertiary/aromatic N) is 5. The Morgan fingerprint density at radius 1 is 1.48 bits per heavy atom. The number of ether oxygens (including phenoxy) is 2. The summed E-state index contributed by atoms with van der Waals surface area (Å²) in [4.78, 5) is 14.8. The molecule has 1 saturated heterocycles. The Morgan fingerprint density at radius 2 is 2.37 bits per heavy atom. The van der Waals surface area contributed by atoms with Crippen LogP contribution in [0, 0.1) is 0 Å². The van der Waals surface area contributed by atoms with Crippen molar-refractivity contribution in [3.8, 4) is 5.75 Å². The third-order valence-electron chi connectivity index (χ3n) is 4.44. The van der Waals surface area contributed by atoms with E-state index in [1.165, 1.54) is 11.8 Å². The van der Waals surface area contributed by atoms with Gasteiger partial charge < -0.3 is 14.4 Å². The molecule has 1 unspecified atom stereocenters.